The van der Waals surface area contributed by atoms with E-state index in [4.69, 9.17) is 0 Å². The third kappa shape index (κ3) is 2.68. The molecule has 1 N–H and O–H groups in total. The number of carbonyl (C=O) groups excluding carboxylic acids is 1. The van der Waals surface area contributed by atoms with E-state index >= 15 is 0 Å². The van der Waals surface area contributed by atoms with Gasteiger partial charge in [-0.1, -0.05) is 20.8 Å². The van der Waals surface area contributed by atoms with Crippen LogP contribution in [0.1, 0.15) is 38.9 Å². The van der Waals surface area contributed by atoms with E-state index in [0.29, 0.717) is 5.56 Å². The van der Waals surface area contributed by atoms with E-state index in [1.54, 1.807) is 4.90 Å². The predicted octanol–water partition coefficient (Wildman–Crippen LogP) is 2.83. The van der Waals surface area contributed by atoms with Crippen molar-refractivity contribution in [1.82, 2.24) is 10.2 Å². The van der Waals surface area contributed by atoms with Gasteiger partial charge in [0.25, 0.3) is 0 Å². The largest absolute Gasteiger partial charge is 0.318 e. The molecule has 1 aliphatic heterocycles. The first-order valence-electron chi connectivity index (χ1n) is 6.95. The van der Waals surface area contributed by atoms with Crippen LogP contribution < -0.4 is 5.32 Å². The lowest BCUT2D eigenvalue weighted by atomic mass is 9.98. The first-order valence-corrected chi connectivity index (χ1v) is 6.95. The van der Waals surface area contributed by atoms with E-state index in [1.807, 2.05) is 20.8 Å². The number of halogens is 2. The van der Waals surface area contributed by atoms with Crippen molar-refractivity contribution in [3.05, 3.63) is 35.4 Å². The van der Waals surface area contributed by atoms with Crippen molar-refractivity contribution in [2.75, 3.05) is 6.54 Å². The summed E-state index contributed by atoms with van der Waals surface area (Å²) in [6.07, 6.45) is 0.278. The maximum Gasteiger partial charge on any atom is 0.238 e. The molecule has 1 aromatic rings. The number of benzene rings is 1. The second-order valence-corrected chi connectivity index (χ2v) is 5.47. The molecule has 0 aromatic heterocycles. The molecular weight excluding hydrogens is 262 g/mol. The molecule has 20 heavy (non-hydrogen) atoms. The molecule has 0 bridgehead atoms. The third-order valence-corrected chi connectivity index (χ3v) is 3.81. The van der Waals surface area contributed by atoms with Gasteiger partial charge in [-0.05, 0) is 24.5 Å². The lowest BCUT2D eigenvalue weighted by Crippen LogP contribution is -2.42. The Kier molecular flexibility index (Phi) is 4.38. The quantitative estimate of drug-likeness (QED) is 0.921. The van der Waals surface area contributed by atoms with Gasteiger partial charge < -0.3 is 4.90 Å². The van der Waals surface area contributed by atoms with Gasteiger partial charge in [0.15, 0.2) is 0 Å². The highest BCUT2D eigenvalue weighted by atomic mass is 19.1. The number of carbonyl (C=O) groups is 1. The first kappa shape index (κ1) is 14.9. The summed E-state index contributed by atoms with van der Waals surface area (Å²) in [4.78, 5) is 13.8. The number of hydrogen-bond donors (Lipinski definition) is 1. The van der Waals surface area contributed by atoms with Crippen molar-refractivity contribution in [3.8, 4) is 0 Å². The van der Waals surface area contributed by atoms with Crippen LogP contribution in [0.2, 0.25) is 0 Å². The maximum absolute atomic E-state index is 14.0. The molecule has 0 saturated carbocycles. The van der Waals surface area contributed by atoms with E-state index in [9.17, 15) is 13.6 Å². The van der Waals surface area contributed by atoms with Crippen molar-refractivity contribution in [1.29, 1.82) is 0 Å². The second kappa shape index (κ2) is 5.87. The average Bonchev–Trinajstić information content (AvgIpc) is 2.73. The van der Waals surface area contributed by atoms with Crippen LogP contribution >= 0.6 is 0 Å². The van der Waals surface area contributed by atoms with Crippen LogP contribution in [0.15, 0.2) is 18.2 Å². The molecule has 3 nitrogen and oxygen atoms in total. The Morgan fingerprint density at radius 2 is 2.10 bits per heavy atom. The van der Waals surface area contributed by atoms with E-state index in [2.05, 4.69) is 5.32 Å². The Balaban J connectivity index is 2.36. The molecule has 2 atom stereocenters. The van der Waals surface area contributed by atoms with Crippen molar-refractivity contribution in [2.45, 2.75) is 39.4 Å². The average molecular weight is 282 g/mol. The van der Waals surface area contributed by atoms with Crippen molar-refractivity contribution in [3.63, 3.8) is 0 Å². The Hall–Kier alpha value is -1.49. The zero-order valence-corrected chi connectivity index (χ0v) is 12.0. The smallest absolute Gasteiger partial charge is 0.238 e. The van der Waals surface area contributed by atoms with Crippen LogP contribution in [0.4, 0.5) is 8.78 Å². The first-order chi connectivity index (χ1) is 9.45. The molecule has 1 aromatic carbocycles. The summed E-state index contributed by atoms with van der Waals surface area (Å²) in [6, 6.07) is 3.51. The fraction of sp³-hybridized carbons (Fsp3) is 0.533. The van der Waals surface area contributed by atoms with Crippen LogP contribution in [0.5, 0.6) is 0 Å². The van der Waals surface area contributed by atoms with Crippen molar-refractivity contribution in [2.24, 2.45) is 5.92 Å². The van der Waals surface area contributed by atoms with E-state index < -0.39 is 17.8 Å². The molecule has 1 fully saturated rings. The molecule has 1 amide bonds. The number of hydrogen-bond acceptors (Lipinski definition) is 2. The summed E-state index contributed by atoms with van der Waals surface area (Å²) in [5.74, 6) is -1.01. The zero-order valence-electron chi connectivity index (χ0n) is 12.0. The molecule has 2 unspecified atom stereocenters. The van der Waals surface area contributed by atoms with Gasteiger partial charge in [0.05, 0.1) is 6.54 Å². The van der Waals surface area contributed by atoms with Crippen molar-refractivity contribution >= 4 is 5.91 Å². The molecule has 1 heterocycles. The molecule has 0 radical (unpaired) electrons. The van der Waals surface area contributed by atoms with Crippen LogP contribution in [0, 0.1) is 17.6 Å². The number of nitrogens with zero attached hydrogens (tertiary/aromatic N) is 1. The molecule has 1 saturated heterocycles. The van der Waals surface area contributed by atoms with Gasteiger partial charge in [0.2, 0.25) is 5.91 Å². The Morgan fingerprint density at radius 1 is 1.40 bits per heavy atom. The van der Waals surface area contributed by atoms with Crippen molar-refractivity contribution < 1.29 is 13.6 Å². The van der Waals surface area contributed by atoms with Crippen LogP contribution in [0.3, 0.4) is 0 Å². The van der Waals surface area contributed by atoms with E-state index in [-0.39, 0.29) is 24.4 Å². The summed E-state index contributed by atoms with van der Waals surface area (Å²) in [5.41, 5.74) is 0.316. The van der Waals surface area contributed by atoms with Gasteiger partial charge in [-0.2, -0.15) is 0 Å². The molecule has 2 rings (SSSR count). The molecule has 110 valence electrons. The number of amides is 1. The van der Waals surface area contributed by atoms with Gasteiger partial charge in [-0.3, -0.25) is 10.1 Å². The minimum Gasteiger partial charge on any atom is -0.318 e. The highest BCUT2D eigenvalue weighted by molar-refractivity contribution is 5.81. The lowest BCUT2D eigenvalue weighted by Gasteiger charge is -2.35. The highest BCUT2D eigenvalue weighted by Gasteiger charge is 2.38. The van der Waals surface area contributed by atoms with E-state index in [1.165, 1.54) is 12.1 Å². The van der Waals surface area contributed by atoms with Crippen LogP contribution in [-0.2, 0) is 4.79 Å². The highest BCUT2D eigenvalue weighted by Crippen LogP contribution is 2.30. The second-order valence-electron chi connectivity index (χ2n) is 5.47. The summed E-state index contributed by atoms with van der Waals surface area (Å²) in [5, 5.41) is 3.02. The van der Waals surface area contributed by atoms with Crippen LogP contribution in [0.25, 0.3) is 0 Å². The summed E-state index contributed by atoms with van der Waals surface area (Å²) >= 11 is 0. The van der Waals surface area contributed by atoms with Gasteiger partial charge in [-0.25, -0.2) is 8.78 Å². The Morgan fingerprint density at radius 3 is 2.65 bits per heavy atom. The van der Waals surface area contributed by atoms with Crippen LogP contribution in [-0.4, -0.2) is 23.4 Å². The summed E-state index contributed by atoms with van der Waals surface area (Å²) in [6.45, 7) is 6.27. The zero-order chi connectivity index (χ0) is 14.9. The number of rotatable bonds is 4. The molecule has 0 aliphatic carbocycles. The monoisotopic (exact) mass is 282 g/mol. The fourth-order valence-electron chi connectivity index (χ4n) is 2.87. The van der Waals surface area contributed by atoms with Gasteiger partial charge in [0.1, 0.15) is 17.8 Å². The molecule has 1 aliphatic rings. The van der Waals surface area contributed by atoms with E-state index in [0.717, 1.165) is 12.5 Å². The molecule has 5 heteroatoms. The SMILES string of the molecule is CCC(C(C)C)N1C(=O)CNC1c1ccc(F)cc1F. The predicted molar refractivity (Wildman–Crippen MR) is 72.9 cm³/mol. The fourth-order valence-corrected chi connectivity index (χ4v) is 2.87. The minimum absolute atomic E-state index is 0.0342. The number of nitrogens with one attached hydrogen (secondary N) is 1. The van der Waals surface area contributed by atoms with Gasteiger partial charge in [0, 0.05) is 17.7 Å². The topological polar surface area (TPSA) is 32.3 Å². The maximum atomic E-state index is 14.0. The normalized spacial score (nSPS) is 20.8. The summed E-state index contributed by atoms with van der Waals surface area (Å²) < 4.78 is 27.0. The Labute approximate surface area is 118 Å². The van der Waals surface area contributed by atoms with Gasteiger partial charge >= 0.3 is 0 Å². The molecular formula is C15H20F2N2O. The van der Waals surface area contributed by atoms with Gasteiger partial charge in [-0.15, -0.1) is 0 Å². The summed E-state index contributed by atoms with van der Waals surface area (Å²) in [7, 11) is 0. The standard InChI is InChI=1S/C15H20F2N2O/c1-4-13(9(2)3)19-14(20)8-18-15(19)11-6-5-10(16)7-12(11)17/h5-7,9,13,15,18H,4,8H2,1-3H3. The third-order valence-electron chi connectivity index (χ3n) is 3.81. The molecule has 0 spiro atoms. The lowest BCUT2D eigenvalue weighted by molar-refractivity contribution is -0.131. The Bertz CT molecular complexity index is 505. The minimum atomic E-state index is -0.624.